The largest absolute Gasteiger partial charge is 0.393 e. The molecule has 0 unspecified atom stereocenters. The van der Waals surface area contributed by atoms with Crippen LogP contribution in [0, 0.1) is 0 Å². The van der Waals surface area contributed by atoms with Gasteiger partial charge in [-0.3, -0.25) is 4.99 Å². The van der Waals surface area contributed by atoms with Gasteiger partial charge in [-0.15, -0.1) is 0 Å². The normalized spacial score (nSPS) is 17.3. The fourth-order valence-corrected chi connectivity index (χ4v) is 2.37. The van der Waals surface area contributed by atoms with Crippen LogP contribution in [0.15, 0.2) is 9.52 Å². The SMILES string of the molecule is CCNC(=NCCc1nc(C(C)C)no1)N1CCC(O)CC1. The van der Waals surface area contributed by atoms with Crippen LogP contribution < -0.4 is 5.32 Å². The van der Waals surface area contributed by atoms with Crippen molar-refractivity contribution in [1.29, 1.82) is 0 Å². The molecule has 7 nitrogen and oxygen atoms in total. The van der Waals surface area contributed by atoms with Crippen LogP contribution in [-0.2, 0) is 6.42 Å². The molecule has 0 aliphatic carbocycles. The van der Waals surface area contributed by atoms with Gasteiger partial charge in [-0.05, 0) is 19.8 Å². The molecule has 0 aromatic carbocycles. The summed E-state index contributed by atoms with van der Waals surface area (Å²) in [5.74, 6) is 2.56. The Hall–Kier alpha value is -1.63. The van der Waals surface area contributed by atoms with Gasteiger partial charge in [-0.2, -0.15) is 4.98 Å². The van der Waals surface area contributed by atoms with Gasteiger partial charge in [0.2, 0.25) is 5.89 Å². The Labute approximate surface area is 131 Å². The lowest BCUT2D eigenvalue weighted by molar-refractivity contribution is 0.108. The highest BCUT2D eigenvalue weighted by Gasteiger charge is 2.19. The maximum absolute atomic E-state index is 9.60. The predicted octanol–water partition coefficient (Wildman–Crippen LogP) is 1.16. The summed E-state index contributed by atoms with van der Waals surface area (Å²) >= 11 is 0. The van der Waals surface area contributed by atoms with E-state index >= 15 is 0 Å². The molecule has 1 fully saturated rings. The molecule has 1 aliphatic rings. The smallest absolute Gasteiger partial charge is 0.228 e. The molecule has 0 saturated carbocycles. The van der Waals surface area contributed by atoms with E-state index in [-0.39, 0.29) is 12.0 Å². The summed E-state index contributed by atoms with van der Waals surface area (Å²) in [6.07, 6.45) is 2.06. The number of rotatable bonds is 5. The summed E-state index contributed by atoms with van der Waals surface area (Å²) in [6, 6.07) is 0. The van der Waals surface area contributed by atoms with E-state index in [9.17, 15) is 5.11 Å². The molecule has 0 atom stereocenters. The minimum Gasteiger partial charge on any atom is -0.393 e. The summed E-state index contributed by atoms with van der Waals surface area (Å²) in [6.45, 7) is 9.26. The van der Waals surface area contributed by atoms with E-state index in [1.54, 1.807) is 0 Å². The van der Waals surface area contributed by atoms with Gasteiger partial charge in [0.15, 0.2) is 11.8 Å². The number of hydrogen-bond donors (Lipinski definition) is 2. The maximum atomic E-state index is 9.60. The Balaban J connectivity index is 1.89. The quantitative estimate of drug-likeness (QED) is 0.627. The standard InChI is InChI=1S/C15H27N5O2/c1-4-16-15(20-9-6-12(21)7-10-20)17-8-5-13-18-14(11(2)3)19-22-13/h11-12,21H,4-10H2,1-3H3,(H,16,17). The second kappa shape index (κ2) is 8.12. The molecule has 1 aliphatic heterocycles. The van der Waals surface area contributed by atoms with Crippen LogP contribution >= 0.6 is 0 Å². The van der Waals surface area contributed by atoms with E-state index in [4.69, 9.17) is 4.52 Å². The van der Waals surface area contributed by atoms with Gasteiger partial charge in [0.25, 0.3) is 0 Å². The number of hydrogen-bond acceptors (Lipinski definition) is 5. The van der Waals surface area contributed by atoms with Gasteiger partial charge in [0.05, 0.1) is 12.6 Å². The number of guanidine groups is 1. The topological polar surface area (TPSA) is 86.8 Å². The Morgan fingerprint density at radius 1 is 1.45 bits per heavy atom. The number of likely N-dealkylation sites (tertiary alicyclic amines) is 1. The van der Waals surface area contributed by atoms with Crippen LogP contribution in [0.2, 0.25) is 0 Å². The molecule has 2 N–H and O–H groups in total. The van der Waals surface area contributed by atoms with Crippen molar-refractivity contribution in [2.75, 3.05) is 26.2 Å². The predicted molar refractivity (Wildman–Crippen MR) is 84.9 cm³/mol. The number of nitrogens with zero attached hydrogens (tertiary/aromatic N) is 4. The van der Waals surface area contributed by atoms with Gasteiger partial charge in [-0.25, -0.2) is 0 Å². The summed E-state index contributed by atoms with van der Waals surface area (Å²) in [7, 11) is 0. The minimum absolute atomic E-state index is 0.174. The molecule has 1 saturated heterocycles. The molecule has 2 heterocycles. The molecule has 0 spiro atoms. The molecule has 0 amide bonds. The zero-order valence-corrected chi connectivity index (χ0v) is 13.7. The summed E-state index contributed by atoms with van der Waals surface area (Å²) in [5, 5.41) is 16.9. The fraction of sp³-hybridized carbons (Fsp3) is 0.800. The van der Waals surface area contributed by atoms with Crippen LogP contribution in [-0.4, -0.2) is 58.4 Å². The molecule has 1 aromatic heterocycles. The second-order valence-corrected chi connectivity index (χ2v) is 5.90. The van der Waals surface area contributed by atoms with Crippen molar-refractivity contribution in [2.24, 2.45) is 4.99 Å². The van der Waals surface area contributed by atoms with Gasteiger partial charge < -0.3 is 19.8 Å². The molecule has 0 bridgehead atoms. The van der Waals surface area contributed by atoms with E-state index in [1.165, 1.54) is 0 Å². The highest BCUT2D eigenvalue weighted by Crippen LogP contribution is 2.11. The maximum Gasteiger partial charge on any atom is 0.228 e. The second-order valence-electron chi connectivity index (χ2n) is 5.90. The van der Waals surface area contributed by atoms with Crippen molar-refractivity contribution in [3.8, 4) is 0 Å². The Morgan fingerprint density at radius 2 is 2.18 bits per heavy atom. The van der Waals surface area contributed by atoms with E-state index in [2.05, 4.69) is 32.3 Å². The van der Waals surface area contributed by atoms with Gasteiger partial charge in [0, 0.05) is 32.0 Å². The third-order valence-electron chi connectivity index (χ3n) is 3.69. The van der Waals surface area contributed by atoms with E-state index in [0.717, 1.165) is 44.3 Å². The highest BCUT2D eigenvalue weighted by atomic mass is 16.5. The van der Waals surface area contributed by atoms with Crippen LogP contribution in [0.25, 0.3) is 0 Å². The first kappa shape index (κ1) is 16.7. The monoisotopic (exact) mass is 309 g/mol. The first-order valence-corrected chi connectivity index (χ1v) is 8.14. The van der Waals surface area contributed by atoms with E-state index in [1.807, 2.05) is 13.8 Å². The number of aliphatic hydroxyl groups is 1. The molecule has 22 heavy (non-hydrogen) atoms. The number of nitrogens with one attached hydrogen (secondary N) is 1. The van der Waals surface area contributed by atoms with Crippen molar-refractivity contribution in [2.45, 2.75) is 52.1 Å². The van der Waals surface area contributed by atoms with Crippen molar-refractivity contribution in [3.05, 3.63) is 11.7 Å². The van der Waals surface area contributed by atoms with E-state index in [0.29, 0.717) is 18.9 Å². The number of piperidine rings is 1. The molecule has 7 heteroatoms. The van der Waals surface area contributed by atoms with Crippen LogP contribution in [0.5, 0.6) is 0 Å². The summed E-state index contributed by atoms with van der Waals surface area (Å²) in [5.41, 5.74) is 0. The lowest BCUT2D eigenvalue weighted by Gasteiger charge is -2.32. The number of aliphatic imine (C=N–C) groups is 1. The third kappa shape index (κ3) is 4.69. The van der Waals surface area contributed by atoms with Gasteiger partial charge >= 0.3 is 0 Å². The molecule has 124 valence electrons. The minimum atomic E-state index is -0.174. The zero-order chi connectivity index (χ0) is 15.9. The summed E-state index contributed by atoms with van der Waals surface area (Å²) < 4.78 is 5.23. The van der Waals surface area contributed by atoms with Crippen LogP contribution in [0.4, 0.5) is 0 Å². The molecule has 2 rings (SSSR count). The summed E-state index contributed by atoms with van der Waals surface area (Å²) in [4.78, 5) is 11.2. The van der Waals surface area contributed by atoms with Crippen molar-refractivity contribution in [1.82, 2.24) is 20.4 Å². The average Bonchev–Trinajstić information content (AvgIpc) is 2.96. The van der Waals surface area contributed by atoms with Crippen molar-refractivity contribution in [3.63, 3.8) is 0 Å². The molecule has 1 aromatic rings. The zero-order valence-electron chi connectivity index (χ0n) is 13.7. The van der Waals surface area contributed by atoms with Gasteiger partial charge in [0.1, 0.15) is 0 Å². The Bertz CT molecular complexity index is 478. The first-order chi connectivity index (χ1) is 10.6. The molecule has 0 radical (unpaired) electrons. The lowest BCUT2D eigenvalue weighted by Crippen LogP contribution is -2.46. The fourth-order valence-electron chi connectivity index (χ4n) is 2.37. The van der Waals surface area contributed by atoms with Crippen LogP contribution in [0.3, 0.4) is 0 Å². The average molecular weight is 309 g/mol. The van der Waals surface area contributed by atoms with Crippen molar-refractivity contribution >= 4 is 5.96 Å². The highest BCUT2D eigenvalue weighted by molar-refractivity contribution is 5.80. The third-order valence-corrected chi connectivity index (χ3v) is 3.69. The number of aliphatic hydroxyl groups excluding tert-OH is 1. The molecular weight excluding hydrogens is 282 g/mol. The van der Waals surface area contributed by atoms with E-state index < -0.39 is 0 Å². The Kier molecular flexibility index (Phi) is 6.18. The van der Waals surface area contributed by atoms with Crippen LogP contribution in [0.1, 0.15) is 51.2 Å². The van der Waals surface area contributed by atoms with Gasteiger partial charge in [-0.1, -0.05) is 19.0 Å². The number of aromatic nitrogens is 2. The Morgan fingerprint density at radius 3 is 2.77 bits per heavy atom. The lowest BCUT2D eigenvalue weighted by atomic mass is 10.1. The first-order valence-electron chi connectivity index (χ1n) is 8.14. The van der Waals surface area contributed by atoms with Crippen molar-refractivity contribution < 1.29 is 9.63 Å². The molecular formula is C15H27N5O2.